The van der Waals surface area contributed by atoms with Gasteiger partial charge < -0.3 is 9.47 Å². The van der Waals surface area contributed by atoms with Crippen LogP contribution in [0.5, 0.6) is 11.5 Å². The van der Waals surface area contributed by atoms with Crippen LogP contribution in [0.25, 0.3) is 0 Å². The fourth-order valence-corrected chi connectivity index (χ4v) is 7.75. The van der Waals surface area contributed by atoms with Gasteiger partial charge in [0.1, 0.15) is 0 Å². The summed E-state index contributed by atoms with van der Waals surface area (Å²) in [4.78, 5) is 0.825. The summed E-state index contributed by atoms with van der Waals surface area (Å²) < 4.78 is 50.0. The van der Waals surface area contributed by atoms with Crippen LogP contribution in [-0.4, -0.2) is 19.5 Å². The highest BCUT2D eigenvalue weighted by molar-refractivity contribution is 8.00. The summed E-state index contributed by atoms with van der Waals surface area (Å²) in [6, 6.07) is 12.1. The number of rotatable bonds is 4. The van der Waals surface area contributed by atoms with E-state index < -0.39 is 11.7 Å². The van der Waals surface area contributed by atoms with Crippen LogP contribution in [0.3, 0.4) is 0 Å². The highest BCUT2D eigenvalue weighted by Gasteiger charge is 2.57. The maximum Gasteiger partial charge on any atom is 0.416 e. The zero-order valence-corrected chi connectivity index (χ0v) is 20.9. The van der Waals surface area contributed by atoms with Crippen LogP contribution in [-0.2, 0) is 18.0 Å². The molecule has 3 nitrogen and oxygen atoms in total. The Labute approximate surface area is 203 Å². The standard InChI is InChI=1S/C27H30F3NO2S/c1-25(2)23(34-19-8-6-18(7-9-19)27(28,29)30)10-11-26(3)20-14-22(33-5)21(32-4)13-16(20)12-17(15-31)24(25)26/h6-9,13-14,17,23-24H,10-12H2,1-5H3/t17-,23-,24-,26+/m0/s1. The molecule has 0 radical (unpaired) electrons. The van der Waals surface area contributed by atoms with E-state index in [9.17, 15) is 18.4 Å². The van der Waals surface area contributed by atoms with Crippen molar-refractivity contribution in [3.05, 3.63) is 53.1 Å². The Hall–Kier alpha value is -2.33. The Kier molecular flexibility index (Phi) is 6.35. The lowest BCUT2D eigenvalue weighted by Gasteiger charge is -2.58. The number of benzene rings is 2. The lowest BCUT2D eigenvalue weighted by Crippen LogP contribution is -2.56. The van der Waals surface area contributed by atoms with E-state index in [1.165, 1.54) is 5.56 Å². The molecular weight excluding hydrogens is 459 g/mol. The molecule has 0 aliphatic heterocycles. The van der Waals surface area contributed by atoms with Crippen LogP contribution in [0, 0.1) is 28.6 Å². The minimum Gasteiger partial charge on any atom is -0.493 e. The molecule has 7 heteroatoms. The molecule has 2 aliphatic rings. The summed E-state index contributed by atoms with van der Waals surface area (Å²) in [7, 11) is 3.25. The van der Waals surface area contributed by atoms with Gasteiger partial charge in [0.05, 0.1) is 31.8 Å². The smallest absolute Gasteiger partial charge is 0.416 e. The molecule has 0 aromatic heterocycles. The molecule has 2 aromatic carbocycles. The van der Waals surface area contributed by atoms with Crippen LogP contribution >= 0.6 is 11.8 Å². The van der Waals surface area contributed by atoms with Crippen LogP contribution in [0.4, 0.5) is 13.2 Å². The second-order valence-electron chi connectivity index (χ2n) is 10.2. The Morgan fingerprint density at radius 1 is 1.03 bits per heavy atom. The molecule has 34 heavy (non-hydrogen) atoms. The minimum absolute atomic E-state index is 0.0938. The van der Waals surface area contributed by atoms with Crippen molar-refractivity contribution in [2.24, 2.45) is 17.3 Å². The second kappa shape index (κ2) is 8.71. The van der Waals surface area contributed by atoms with Crippen LogP contribution in [0.15, 0.2) is 41.3 Å². The average molecular weight is 490 g/mol. The van der Waals surface area contributed by atoms with E-state index in [1.54, 1.807) is 38.1 Å². The van der Waals surface area contributed by atoms with E-state index >= 15 is 0 Å². The lowest BCUT2D eigenvalue weighted by molar-refractivity contribution is -0.137. The molecule has 0 amide bonds. The zero-order chi connectivity index (χ0) is 24.9. The molecule has 0 bridgehead atoms. The molecule has 0 heterocycles. The number of hydrogen-bond donors (Lipinski definition) is 0. The number of hydrogen-bond acceptors (Lipinski definition) is 4. The van der Waals surface area contributed by atoms with Crippen LogP contribution < -0.4 is 9.47 Å². The fourth-order valence-electron chi connectivity index (χ4n) is 6.44. The summed E-state index contributed by atoms with van der Waals surface area (Å²) in [6.07, 6.45) is -1.90. The van der Waals surface area contributed by atoms with E-state index in [0.717, 1.165) is 35.4 Å². The monoisotopic (exact) mass is 489 g/mol. The van der Waals surface area contributed by atoms with Crippen molar-refractivity contribution in [3.8, 4) is 17.6 Å². The predicted molar refractivity (Wildman–Crippen MR) is 127 cm³/mol. The second-order valence-corrected chi connectivity index (χ2v) is 11.5. The summed E-state index contributed by atoms with van der Waals surface area (Å²) in [5, 5.41) is 10.4. The number of fused-ring (bicyclic) bond motifs is 3. The molecule has 0 saturated heterocycles. The highest BCUT2D eigenvalue weighted by Crippen LogP contribution is 2.62. The number of thioether (sulfide) groups is 1. The molecule has 4 rings (SSSR count). The van der Waals surface area contributed by atoms with Crippen LogP contribution in [0.2, 0.25) is 0 Å². The topological polar surface area (TPSA) is 42.2 Å². The summed E-state index contributed by atoms with van der Waals surface area (Å²) in [5.74, 6) is 1.29. The molecule has 2 aliphatic carbocycles. The van der Waals surface area contributed by atoms with Gasteiger partial charge in [0.15, 0.2) is 11.5 Å². The number of ether oxygens (including phenoxy) is 2. The first-order valence-corrected chi connectivity index (χ1v) is 12.3. The van der Waals surface area contributed by atoms with Gasteiger partial charge >= 0.3 is 6.18 Å². The van der Waals surface area contributed by atoms with Gasteiger partial charge in [0, 0.05) is 10.1 Å². The molecule has 182 valence electrons. The number of nitrogens with zero attached hydrogens (tertiary/aromatic N) is 1. The third kappa shape index (κ3) is 4.04. The quantitative estimate of drug-likeness (QED) is 0.453. The molecule has 0 spiro atoms. The summed E-state index contributed by atoms with van der Waals surface area (Å²) >= 11 is 1.63. The van der Waals surface area contributed by atoms with E-state index in [1.807, 2.05) is 6.07 Å². The van der Waals surface area contributed by atoms with Gasteiger partial charge in [-0.05, 0) is 83.5 Å². The van der Waals surface area contributed by atoms with Crippen molar-refractivity contribution in [1.82, 2.24) is 0 Å². The first kappa shape index (κ1) is 24.8. The Balaban J connectivity index is 1.69. The number of nitriles is 1. The van der Waals surface area contributed by atoms with Gasteiger partial charge in [-0.15, -0.1) is 11.8 Å². The first-order chi connectivity index (χ1) is 16.0. The maximum absolute atomic E-state index is 13.0. The van der Waals surface area contributed by atoms with Crippen molar-refractivity contribution in [2.45, 2.75) is 61.8 Å². The minimum atomic E-state index is -4.34. The van der Waals surface area contributed by atoms with Gasteiger partial charge in [-0.2, -0.15) is 18.4 Å². The van der Waals surface area contributed by atoms with Gasteiger partial charge in [-0.3, -0.25) is 0 Å². The van der Waals surface area contributed by atoms with Crippen molar-refractivity contribution in [1.29, 1.82) is 5.26 Å². The van der Waals surface area contributed by atoms with Crippen molar-refractivity contribution >= 4 is 11.8 Å². The number of methoxy groups -OCH3 is 2. The van der Waals surface area contributed by atoms with E-state index in [4.69, 9.17) is 9.47 Å². The average Bonchev–Trinajstić information content (AvgIpc) is 2.79. The van der Waals surface area contributed by atoms with Crippen molar-refractivity contribution in [2.75, 3.05) is 14.2 Å². The summed E-state index contributed by atoms with van der Waals surface area (Å²) in [6.45, 7) is 6.69. The van der Waals surface area contributed by atoms with Crippen molar-refractivity contribution < 1.29 is 22.6 Å². The Bertz CT molecular complexity index is 1110. The number of halogens is 3. The molecule has 0 N–H and O–H groups in total. The highest BCUT2D eigenvalue weighted by atomic mass is 32.2. The van der Waals surface area contributed by atoms with Gasteiger partial charge in [0.25, 0.3) is 0 Å². The largest absolute Gasteiger partial charge is 0.493 e. The first-order valence-electron chi connectivity index (χ1n) is 11.4. The van der Waals surface area contributed by atoms with Crippen LogP contribution in [0.1, 0.15) is 50.3 Å². The van der Waals surface area contributed by atoms with E-state index in [0.29, 0.717) is 17.9 Å². The SMILES string of the molecule is COc1cc2c(cc1OC)[C@@]1(C)CC[C@H](Sc3ccc(C(F)(F)F)cc3)C(C)(C)[C@@H]1[C@H](C#N)C2. The van der Waals surface area contributed by atoms with E-state index in [-0.39, 0.29) is 27.9 Å². The third-order valence-corrected chi connectivity index (χ3v) is 9.61. The lowest BCUT2D eigenvalue weighted by atomic mass is 9.47. The fraction of sp³-hybridized carbons (Fsp3) is 0.519. The molecule has 1 saturated carbocycles. The molecule has 4 atom stereocenters. The molecule has 1 fully saturated rings. The van der Waals surface area contributed by atoms with Crippen molar-refractivity contribution in [3.63, 3.8) is 0 Å². The van der Waals surface area contributed by atoms with Gasteiger partial charge in [0.2, 0.25) is 0 Å². The van der Waals surface area contributed by atoms with Gasteiger partial charge in [-0.25, -0.2) is 0 Å². The van der Waals surface area contributed by atoms with E-state index in [2.05, 4.69) is 32.9 Å². The third-order valence-electron chi connectivity index (χ3n) is 7.94. The molecular formula is C27H30F3NO2S. The summed E-state index contributed by atoms with van der Waals surface area (Å²) in [5.41, 5.74) is 1.28. The number of alkyl halides is 3. The predicted octanol–water partition coefficient (Wildman–Crippen LogP) is 7.27. The Morgan fingerprint density at radius 2 is 1.65 bits per heavy atom. The Morgan fingerprint density at radius 3 is 2.21 bits per heavy atom. The zero-order valence-electron chi connectivity index (χ0n) is 20.1. The molecule has 0 unspecified atom stereocenters. The maximum atomic E-state index is 13.0. The molecule has 2 aromatic rings. The normalized spacial score (nSPS) is 27.8. The van der Waals surface area contributed by atoms with Gasteiger partial charge in [-0.1, -0.05) is 20.8 Å².